The highest BCUT2D eigenvalue weighted by atomic mass is 19.2. The van der Waals surface area contributed by atoms with E-state index in [9.17, 15) is 23.2 Å². The summed E-state index contributed by atoms with van der Waals surface area (Å²) in [6.45, 7) is 4.62. The van der Waals surface area contributed by atoms with E-state index in [0.29, 0.717) is 57.4 Å². The highest BCUT2D eigenvalue weighted by Crippen LogP contribution is 2.28. The van der Waals surface area contributed by atoms with Crippen LogP contribution >= 0.6 is 0 Å². The number of benzene rings is 1. The molecular weight excluding hydrogens is 484 g/mol. The Bertz CT molecular complexity index is 1160. The van der Waals surface area contributed by atoms with Gasteiger partial charge in [-0.1, -0.05) is 13.3 Å². The predicted octanol–water partition coefficient (Wildman–Crippen LogP) is 3.49. The number of carbonyl (C=O) groups is 3. The Morgan fingerprint density at radius 1 is 1.11 bits per heavy atom. The number of nitrogens with zero attached hydrogens (tertiary/aromatic N) is 2. The van der Waals surface area contributed by atoms with Crippen LogP contribution in [0.25, 0.3) is 0 Å². The molecule has 11 heteroatoms. The molecule has 0 atom stereocenters. The summed E-state index contributed by atoms with van der Waals surface area (Å²) in [5.74, 6) is -2.51. The SMILES string of the molecule is CCCCc1cc(CN2CCN(C(=O)c3ccc(NC(=O)NCC4CC4)c(F)c3F)CC2)oc1C(N)=O. The molecule has 4 amide bonds. The van der Waals surface area contributed by atoms with Crippen molar-refractivity contribution in [3.05, 3.63) is 52.5 Å². The summed E-state index contributed by atoms with van der Waals surface area (Å²) in [5, 5.41) is 4.92. The molecule has 4 rings (SSSR count). The number of amides is 4. The number of carbonyl (C=O) groups excluding carboxylic acids is 3. The van der Waals surface area contributed by atoms with Crippen LogP contribution in [-0.2, 0) is 13.0 Å². The second kappa shape index (κ2) is 11.7. The molecule has 2 fully saturated rings. The van der Waals surface area contributed by atoms with Crippen molar-refractivity contribution in [1.29, 1.82) is 0 Å². The van der Waals surface area contributed by atoms with Crippen LogP contribution in [0.3, 0.4) is 0 Å². The molecule has 1 aromatic heterocycles. The third kappa shape index (κ3) is 6.65. The van der Waals surface area contributed by atoms with Gasteiger partial charge in [-0.05, 0) is 49.8 Å². The van der Waals surface area contributed by atoms with Gasteiger partial charge in [0.1, 0.15) is 5.76 Å². The first-order valence-electron chi connectivity index (χ1n) is 12.7. The molecule has 0 radical (unpaired) electrons. The summed E-state index contributed by atoms with van der Waals surface area (Å²) in [5.41, 5.74) is 5.55. The zero-order chi connectivity index (χ0) is 26.5. The molecular formula is C26H33F2N5O4. The molecule has 37 heavy (non-hydrogen) atoms. The van der Waals surface area contributed by atoms with Crippen LogP contribution in [0.15, 0.2) is 22.6 Å². The molecule has 0 unspecified atom stereocenters. The van der Waals surface area contributed by atoms with Gasteiger partial charge in [0.2, 0.25) is 0 Å². The van der Waals surface area contributed by atoms with Gasteiger partial charge in [0.05, 0.1) is 17.8 Å². The average Bonchev–Trinajstić information content (AvgIpc) is 3.63. The molecule has 2 heterocycles. The molecule has 0 spiro atoms. The third-order valence-corrected chi connectivity index (χ3v) is 6.73. The van der Waals surface area contributed by atoms with Crippen molar-refractivity contribution in [1.82, 2.24) is 15.1 Å². The summed E-state index contributed by atoms with van der Waals surface area (Å²) >= 11 is 0. The molecule has 1 aliphatic heterocycles. The maximum atomic E-state index is 14.7. The van der Waals surface area contributed by atoms with E-state index in [2.05, 4.69) is 22.5 Å². The number of urea groups is 1. The number of furan rings is 1. The van der Waals surface area contributed by atoms with Crippen LogP contribution in [0.4, 0.5) is 19.3 Å². The molecule has 4 N–H and O–H groups in total. The van der Waals surface area contributed by atoms with Gasteiger partial charge in [0.15, 0.2) is 17.4 Å². The average molecular weight is 518 g/mol. The monoisotopic (exact) mass is 517 g/mol. The minimum Gasteiger partial charge on any atom is -0.454 e. The number of aryl methyl sites for hydroxylation is 1. The highest BCUT2D eigenvalue weighted by Gasteiger charge is 2.28. The normalized spacial score (nSPS) is 16.0. The van der Waals surface area contributed by atoms with Crippen LogP contribution in [-0.4, -0.2) is 60.4 Å². The number of rotatable bonds is 10. The Morgan fingerprint density at radius 2 is 1.84 bits per heavy atom. The molecule has 2 aliphatic rings. The van der Waals surface area contributed by atoms with E-state index in [1.807, 2.05) is 6.07 Å². The first-order valence-corrected chi connectivity index (χ1v) is 12.7. The number of anilines is 1. The highest BCUT2D eigenvalue weighted by molar-refractivity contribution is 5.96. The Labute approximate surface area is 214 Å². The summed E-state index contributed by atoms with van der Waals surface area (Å²) < 4.78 is 35.0. The molecule has 1 aliphatic carbocycles. The van der Waals surface area contributed by atoms with Gasteiger partial charge < -0.3 is 25.7 Å². The van der Waals surface area contributed by atoms with Gasteiger partial charge in [-0.25, -0.2) is 13.6 Å². The second-order valence-corrected chi connectivity index (χ2v) is 9.67. The standard InChI is InChI=1S/C26H33F2N5O4/c1-2-3-4-17-13-18(37-23(17)24(29)34)15-32-9-11-33(12-10-32)25(35)19-7-8-20(22(28)21(19)27)31-26(36)30-14-16-5-6-16/h7-8,13,16H,2-6,9-12,14-15H2,1H3,(H2,29,34)(H2,30,31,36). The second-order valence-electron chi connectivity index (χ2n) is 9.67. The number of nitrogens with one attached hydrogen (secondary N) is 2. The smallest absolute Gasteiger partial charge is 0.319 e. The van der Waals surface area contributed by atoms with Crippen LogP contribution in [0.2, 0.25) is 0 Å². The van der Waals surface area contributed by atoms with Gasteiger partial charge in [0, 0.05) is 38.3 Å². The van der Waals surface area contributed by atoms with Gasteiger partial charge in [-0.15, -0.1) is 0 Å². The molecule has 200 valence electrons. The molecule has 1 aromatic carbocycles. The molecule has 0 bridgehead atoms. The Balaban J connectivity index is 1.32. The predicted molar refractivity (Wildman–Crippen MR) is 133 cm³/mol. The number of piperazine rings is 1. The minimum absolute atomic E-state index is 0.188. The summed E-state index contributed by atoms with van der Waals surface area (Å²) in [6, 6.07) is 3.63. The van der Waals surface area contributed by atoms with Crippen LogP contribution < -0.4 is 16.4 Å². The van der Waals surface area contributed by atoms with Crippen molar-refractivity contribution in [3.63, 3.8) is 0 Å². The third-order valence-electron chi connectivity index (χ3n) is 6.73. The fourth-order valence-electron chi connectivity index (χ4n) is 4.36. The Hall–Kier alpha value is -3.47. The maximum absolute atomic E-state index is 14.7. The lowest BCUT2D eigenvalue weighted by molar-refractivity contribution is 0.0613. The van der Waals surface area contributed by atoms with Gasteiger partial charge in [-0.3, -0.25) is 14.5 Å². The van der Waals surface area contributed by atoms with Crippen LogP contribution in [0.1, 0.15) is 64.8 Å². The fourth-order valence-corrected chi connectivity index (χ4v) is 4.36. The maximum Gasteiger partial charge on any atom is 0.319 e. The molecule has 1 saturated heterocycles. The van der Waals surface area contributed by atoms with Crippen LogP contribution in [0.5, 0.6) is 0 Å². The fraction of sp³-hybridized carbons (Fsp3) is 0.500. The van der Waals surface area contributed by atoms with Crippen molar-refractivity contribution in [2.45, 2.75) is 45.6 Å². The van der Waals surface area contributed by atoms with E-state index in [1.54, 1.807) is 0 Å². The zero-order valence-corrected chi connectivity index (χ0v) is 20.9. The number of halogens is 2. The minimum atomic E-state index is -1.29. The van der Waals surface area contributed by atoms with Crippen molar-refractivity contribution in [2.24, 2.45) is 11.7 Å². The largest absolute Gasteiger partial charge is 0.454 e. The van der Waals surface area contributed by atoms with Gasteiger partial charge in [-0.2, -0.15) is 0 Å². The Kier molecular flexibility index (Phi) is 8.42. The van der Waals surface area contributed by atoms with E-state index >= 15 is 0 Å². The summed E-state index contributed by atoms with van der Waals surface area (Å²) in [7, 11) is 0. The lowest BCUT2D eigenvalue weighted by atomic mass is 10.1. The van der Waals surface area contributed by atoms with Crippen molar-refractivity contribution in [2.75, 3.05) is 38.0 Å². The number of unbranched alkanes of at least 4 members (excludes halogenated alkanes) is 1. The first kappa shape index (κ1) is 26.6. The topological polar surface area (TPSA) is 121 Å². The summed E-state index contributed by atoms with van der Waals surface area (Å²) in [6.07, 6.45) is 4.71. The number of primary amides is 1. The molecule has 9 nitrogen and oxygen atoms in total. The van der Waals surface area contributed by atoms with E-state index in [1.165, 1.54) is 17.0 Å². The van der Waals surface area contributed by atoms with Crippen molar-refractivity contribution < 1.29 is 27.6 Å². The number of nitrogens with two attached hydrogens (primary N) is 1. The quantitative estimate of drug-likeness (QED) is 0.446. The molecule has 1 saturated carbocycles. The zero-order valence-electron chi connectivity index (χ0n) is 20.9. The Morgan fingerprint density at radius 3 is 2.49 bits per heavy atom. The van der Waals surface area contributed by atoms with E-state index in [-0.39, 0.29) is 17.0 Å². The van der Waals surface area contributed by atoms with E-state index in [4.69, 9.17) is 10.2 Å². The van der Waals surface area contributed by atoms with Crippen molar-refractivity contribution in [3.8, 4) is 0 Å². The lowest BCUT2D eigenvalue weighted by Crippen LogP contribution is -2.48. The first-order chi connectivity index (χ1) is 17.8. The number of hydrogen-bond donors (Lipinski definition) is 3. The lowest BCUT2D eigenvalue weighted by Gasteiger charge is -2.34. The number of hydrogen-bond acceptors (Lipinski definition) is 5. The summed E-state index contributed by atoms with van der Waals surface area (Å²) in [4.78, 5) is 40.1. The van der Waals surface area contributed by atoms with Crippen molar-refractivity contribution >= 4 is 23.5 Å². The van der Waals surface area contributed by atoms with Crippen LogP contribution in [0, 0.1) is 17.6 Å². The molecule has 2 aromatic rings. The van der Waals surface area contributed by atoms with E-state index < -0.39 is 29.5 Å². The van der Waals surface area contributed by atoms with E-state index in [0.717, 1.165) is 31.2 Å². The van der Waals surface area contributed by atoms with Gasteiger partial charge in [0.25, 0.3) is 11.8 Å². The van der Waals surface area contributed by atoms with Gasteiger partial charge >= 0.3 is 6.03 Å².